The molecule has 3 aromatic rings. The molecule has 0 radical (unpaired) electrons. The molecular weight excluding hydrogens is 422 g/mol. The molecular formula is C22H22ClN3O5. The number of benzene rings is 2. The Morgan fingerprint density at radius 1 is 1.23 bits per heavy atom. The maximum atomic E-state index is 12.1. The molecule has 0 fully saturated rings. The highest BCUT2D eigenvalue weighted by atomic mass is 35.5. The minimum Gasteiger partial charge on any atom is -0.495 e. The number of amides is 1. The van der Waals surface area contributed by atoms with Gasteiger partial charge in [0.1, 0.15) is 11.6 Å². The van der Waals surface area contributed by atoms with E-state index in [-0.39, 0.29) is 12.0 Å². The molecule has 1 heterocycles. The molecule has 8 nitrogen and oxygen atoms in total. The van der Waals surface area contributed by atoms with Crippen molar-refractivity contribution in [2.75, 3.05) is 19.0 Å². The summed E-state index contributed by atoms with van der Waals surface area (Å²) in [5, 5.41) is 3.68. The Labute approximate surface area is 183 Å². The third-order valence-corrected chi connectivity index (χ3v) is 4.98. The van der Waals surface area contributed by atoms with E-state index in [1.165, 1.54) is 7.11 Å². The predicted molar refractivity (Wildman–Crippen MR) is 118 cm³/mol. The second kappa shape index (κ2) is 10.1. The van der Waals surface area contributed by atoms with Crippen molar-refractivity contribution in [2.45, 2.75) is 26.2 Å². The van der Waals surface area contributed by atoms with E-state index in [2.05, 4.69) is 15.3 Å². The molecule has 2 N–H and O–H groups in total. The van der Waals surface area contributed by atoms with Crippen LogP contribution < -0.4 is 15.6 Å². The number of hydrogen-bond acceptors (Lipinski definition) is 6. The number of para-hydroxylation sites is 1. The number of aromatic amines is 1. The van der Waals surface area contributed by atoms with Crippen LogP contribution in [0.1, 0.15) is 24.2 Å². The highest BCUT2D eigenvalue weighted by molar-refractivity contribution is 6.31. The third-order valence-electron chi connectivity index (χ3n) is 4.58. The number of nitrogens with zero attached hydrogens (tertiary/aromatic N) is 1. The molecule has 0 atom stereocenters. The second-order valence-electron chi connectivity index (χ2n) is 6.89. The monoisotopic (exact) mass is 443 g/mol. The Balaban J connectivity index is 1.47. The lowest BCUT2D eigenvalue weighted by molar-refractivity contribution is -0.147. The number of carbonyl (C=O) groups excluding carboxylic acids is 2. The van der Waals surface area contributed by atoms with Crippen molar-refractivity contribution in [3.63, 3.8) is 0 Å². The molecule has 162 valence electrons. The molecule has 0 aliphatic heterocycles. The van der Waals surface area contributed by atoms with Crippen molar-refractivity contribution in [3.05, 3.63) is 63.2 Å². The van der Waals surface area contributed by atoms with Crippen molar-refractivity contribution >= 4 is 40.1 Å². The number of ether oxygens (including phenoxy) is 2. The van der Waals surface area contributed by atoms with Crippen LogP contribution >= 0.6 is 11.6 Å². The number of nitrogens with one attached hydrogen (secondary N) is 2. The number of methoxy groups -OCH3 is 1. The number of H-pyrrole nitrogens is 1. The summed E-state index contributed by atoms with van der Waals surface area (Å²) in [5.41, 5.74) is 1.60. The zero-order chi connectivity index (χ0) is 22.4. The van der Waals surface area contributed by atoms with Gasteiger partial charge >= 0.3 is 5.97 Å². The average Bonchev–Trinajstić information content (AvgIpc) is 2.75. The zero-order valence-corrected chi connectivity index (χ0v) is 17.9. The summed E-state index contributed by atoms with van der Waals surface area (Å²) in [7, 11) is 1.47. The maximum absolute atomic E-state index is 12.1. The number of hydrogen-bond donors (Lipinski definition) is 2. The molecule has 0 unspecified atom stereocenters. The van der Waals surface area contributed by atoms with Crippen LogP contribution in [-0.2, 0) is 20.7 Å². The number of aryl methyl sites for hydroxylation is 2. The molecule has 1 amide bonds. The number of esters is 1. The lowest BCUT2D eigenvalue weighted by atomic mass is 10.2. The Hall–Kier alpha value is -3.39. The van der Waals surface area contributed by atoms with Crippen molar-refractivity contribution in [3.8, 4) is 5.75 Å². The highest BCUT2D eigenvalue weighted by Gasteiger charge is 2.13. The van der Waals surface area contributed by atoms with Gasteiger partial charge in [0, 0.05) is 23.9 Å². The van der Waals surface area contributed by atoms with E-state index in [4.69, 9.17) is 21.1 Å². The van der Waals surface area contributed by atoms with Crippen molar-refractivity contribution < 1.29 is 19.1 Å². The third kappa shape index (κ3) is 5.82. The first-order valence-electron chi connectivity index (χ1n) is 9.65. The van der Waals surface area contributed by atoms with Crippen LogP contribution in [-0.4, -0.2) is 35.6 Å². The second-order valence-corrected chi connectivity index (χ2v) is 7.30. The van der Waals surface area contributed by atoms with Gasteiger partial charge in [0.25, 0.3) is 11.5 Å². The minimum absolute atomic E-state index is 0.0905. The van der Waals surface area contributed by atoms with Crippen LogP contribution in [0, 0.1) is 6.92 Å². The van der Waals surface area contributed by atoms with Gasteiger partial charge in [0.15, 0.2) is 6.61 Å². The summed E-state index contributed by atoms with van der Waals surface area (Å²) in [6.45, 7) is 1.38. The molecule has 0 aliphatic rings. The molecule has 0 spiro atoms. The summed E-state index contributed by atoms with van der Waals surface area (Å²) in [4.78, 5) is 43.2. The quantitative estimate of drug-likeness (QED) is 0.516. The summed E-state index contributed by atoms with van der Waals surface area (Å²) in [6.07, 6.45) is 0.918. The van der Waals surface area contributed by atoms with E-state index < -0.39 is 18.5 Å². The Morgan fingerprint density at radius 2 is 2.00 bits per heavy atom. The van der Waals surface area contributed by atoms with Gasteiger partial charge in [-0.05, 0) is 37.1 Å². The molecule has 0 saturated heterocycles. The lowest BCUT2D eigenvalue weighted by Crippen LogP contribution is -2.21. The average molecular weight is 444 g/mol. The first-order valence-corrected chi connectivity index (χ1v) is 10.0. The van der Waals surface area contributed by atoms with Crippen LogP contribution in [0.2, 0.25) is 5.02 Å². The molecule has 0 saturated carbocycles. The van der Waals surface area contributed by atoms with Crippen LogP contribution in [0.4, 0.5) is 5.69 Å². The number of rotatable bonds is 8. The normalized spacial score (nSPS) is 10.7. The van der Waals surface area contributed by atoms with E-state index in [1.807, 2.05) is 6.07 Å². The fourth-order valence-corrected chi connectivity index (χ4v) is 3.14. The van der Waals surface area contributed by atoms with E-state index in [9.17, 15) is 14.4 Å². The van der Waals surface area contributed by atoms with Crippen LogP contribution in [0.3, 0.4) is 0 Å². The van der Waals surface area contributed by atoms with Gasteiger partial charge < -0.3 is 19.8 Å². The first-order chi connectivity index (χ1) is 14.9. The van der Waals surface area contributed by atoms with Gasteiger partial charge in [-0.1, -0.05) is 23.7 Å². The fourth-order valence-electron chi connectivity index (χ4n) is 2.99. The van der Waals surface area contributed by atoms with Gasteiger partial charge in [-0.25, -0.2) is 4.98 Å². The van der Waals surface area contributed by atoms with Crippen LogP contribution in [0.25, 0.3) is 10.9 Å². The highest BCUT2D eigenvalue weighted by Crippen LogP contribution is 2.30. The molecule has 0 bridgehead atoms. The molecule has 9 heteroatoms. The maximum Gasteiger partial charge on any atom is 0.306 e. The van der Waals surface area contributed by atoms with Gasteiger partial charge in [-0.15, -0.1) is 0 Å². The standard InChI is InChI=1S/C22H22ClN3O5/c1-13-10-17(18(30-2)11-15(13)23)25-20(27)12-31-21(28)9-5-8-19-24-16-7-4-3-6-14(16)22(29)26-19/h3-4,6-7,10-11H,5,8-9,12H2,1-2H3,(H,25,27)(H,24,26,29). The fraction of sp³-hybridized carbons (Fsp3) is 0.273. The summed E-state index contributed by atoms with van der Waals surface area (Å²) >= 11 is 6.05. The van der Waals surface area contributed by atoms with Crippen LogP contribution in [0.15, 0.2) is 41.2 Å². The molecule has 31 heavy (non-hydrogen) atoms. The largest absolute Gasteiger partial charge is 0.495 e. The molecule has 0 aliphatic carbocycles. The predicted octanol–water partition coefficient (Wildman–Crippen LogP) is 3.40. The summed E-state index contributed by atoms with van der Waals surface area (Å²) < 4.78 is 10.2. The summed E-state index contributed by atoms with van der Waals surface area (Å²) in [5.74, 6) is -0.0990. The number of carbonyl (C=O) groups is 2. The van der Waals surface area contributed by atoms with Gasteiger partial charge in [-0.3, -0.25) is 14.4 Å². The van der Waals surface area contributed by atoms with Gasteiger partial charge in [0.2, 0.25) is 0 Å². The lowest BCUT2D eigenvalue weighted by Gasteiger charge is -2.12. The Kier molecular flexibility index (Phi) is 7.25. The van der Waals surface area contributed by atoms with Crippen molar-refractivity contribution in [1.82, 2.24) is 9.97 Å². The Morgan fingerprint density at radius 3 is 2.77 bits per heavy atom. The van der Waals surface area contributed by atoms with E-state index >= 15 is 0 Å². The smallest absolute Gasteiger partial charge is 0.306 e. The number of halogens is 1. The van der Waals surface area contributed by atoms with Gasteiger partial charge in [-0.2, -0.15) is 0 Å². The van der Waals surface area contributed by atoms with Crippen molar-refractivity contribution in [1.29, 1.82) is 0 Å². The molecule has 1 aromatic heterocycles. The molecule has 3 rings (SSSR count). The summed E-state index contributed by atoms with van der Waals surface area (Å²) in [6, 6.07) is 10.3. The number of aromatic nitrogens is 2. The number of fused-ring (bicyclic) bond motifs is 1. The van der Waals surface area contributed by atoms with Crippen molar-refractivity contribution in [2.24, 2.45) is 0 Å². The van der Waals surface area contributed by atoms with E-state index in [0.717, 1.165) is 5.56 Å². The Bertz CT molecular complexity index is 1180. The van der Waals surface area contributed by atoms with Gasteiger partial charge in [0.05, 0.1) is 23.7 Å². The SMILES string of the molecule is COc1cc(Cl)c(C)cc1NC(=O)COC(=O)CCCc1nc2ccccc2c(=O)[nH]1. The number of anilines is 1. The van der Waals surface area contributed by atoms with E-state index in [1.54, 1.807) is 37.3 Å². The van der Waals surface area contributed by atoms with Crippen LogP contribution in [0.5, 0.6) is 5.75 Å². The minimum atomic E-state index is -0.516. The zero-order valence-electron chi connectivity index (χ0n) is 17.2. The topological polar surface area (TPSA) is 110 Å². The molecule has 2 aromatic carbocycles. The first kappa shape index (κ1) is 22.3. The van der Waals surface area contributed by atoms with E-state index in [0.29, 0.717) is 46.0 Å².